The predicted molar refractivity (Wildman–Crippen MR) is 137 cm³/mol. The zero-order valence-corrected chi connectivity index (χ0v) is 20.2. The lowest BCUT2D eigenvalue weighted by Gasteiger charge is -2.36. The Kier molecular flexibility index (Phi) is 8.36. The summed E-state index contributed by atoms with van der Waals surface area (Å²) in [6, 6.07) is 16.6. The largest absolute Gasteiger partial charge is 0.368 e. The SMILES string of the molecule is CCCCc1ccc(NC(=O)CSc2cc(N3CCN(c4ccc(F)cc4)CC3)ncn2)cc1. The molecule has 0 radical (unpaired) electrons. The molecule has 1 aliphatic rings. The zero-order valence-electron chi connectivity index (χ0n) is 19.4. The Labute approximate surface area is 204 Å². The highest BCUT2D eigenvalue weighted by molar-refractivity contribution is 7.99. The second-order valence-corrected chi connectivity index (χ2v) is 9.30. The molecule has 0 unspecified atom stereocenters. The third kappa shape index (κ3) is 6.70. The van der Waals surface area contributed by atoms with Crippen LogP contribution in [0.15, 0.2) is 66.0 Å². The minimum absolute atomic E-state index is 0.0561. The number of aromatic nitrogens is 2. The summed E-state index contributed by atoms with van der Waals surface area (Å²) >= 11 is 1.40. The predicted octanol–water partition coefficient (Wildman–Crippen LogP) is 5.02. The van der Waals surface area contributed by atoms with Gasteiger partial charge in [0.15, 0.2) is 0 Å². The molecule has 1 aliphatic heterocycles. The Bertz CT molecular complexity index is 1070. The van der Waals surface area contributed by atoms with Gasteiger partial charge >= 0.3 is 0 Å². The summed E-state index contributed by atoms with van der Waals surface area (Å²) in [5.41, 5.74) is 3.14. The number of benzene rings is 2. The van der Waals surface area contributed by atoms with Crippen LogP contribution in [0, 0.1) is 5.82 Å². The monoisotopic (exact) mass is 479 g/mol. The van der Waals surface area contributed by atoms with Crippen LogP contribution in [0.5, 0.6) is 0 Å². The lowest BCUT2D eigenvalue weighted by molar-refractivity contribution is -0.113. The number of halogens is 1. The normalized spacial score (nSPS) is 13.7. The van der Waals surface area contributed by atoms with Crippen LogP contribution in [-0.2, 0) is 11.2 Å². The fourth-order valence-electron chi connectivity index (χ4n) is 3.90. The molecule has 0 bridgehead atoms. The van der Waals surface area contributed by atoms with Gasteiger partial charge in [-0.15, -0.1) is 0 Å². The third-order valence-corrected chi connectivity index (χ3v) is 6.76. The minimum Gasteiger partial charge on any atom is -0.368 e. The standard InChI is InChI=1S/C26H30FN5OS/c1-2-3-4-20-5-9-22(10-6-20)30-25(33)18-34-26-17-24(28-19-29-26)32-15-13-31(14-16-32)23-11-7-21(27)8-12-23/h5-12,17,19H,2-4,13-16,18H2,1H3,(H,30,33). The van der Waals surface area contributed by atoms with Crippen LogP contribution in [0.4, 0.5) is 21.6 Å². The highest BCUT2D eigenvalue weighted by Gasteiger charge is 2.19. The zero-order chi connectivity index (χ0) is 23.8. The van der Waals surface area contributed by atoms with Gasteiger partial charge in [-0.1, -0.05) is 37.2 Å². The molecule has 4 rings (SSSR count). The van der Waals surface area contributed by atoms with Crippen molar-refractivity contribution in [3.63, 3.8) is 0 Å². The number of piperazine rings is 1. The molecule has 1 N–H and O–H groups in total. The summed E-state index contributed by atoms with van der Waals surface area (Å²) in [6.07, 6.45) is 4.97. The van der Waals surface area contributed by atoms with Gasteiger partial charge in [-0.25, -0.2) is 14.4 Å². The molecule has 1 aromatic heterocycles. The van der Waals surface area contributed by atoms with E-state index < -0.39 is 0 Å². The first-order valence-electron chi connectivity index (χ1n) is 11.7. The van der Waals surface area contributed by atoms with Gasteiger partial charge in [0.1, 0.15) is 23.0 Å². The Morgan fingerprint density at radius 3 is 2.41 bits per heavy atom. The van der Waals surface area contributed by atoms with E-state index >= 15 is 0 Å². The van der Waals surface area contributed by atoms with Crippen LogP contribution in [0.2, 0.25) is 0 Å². The number of amides is 1. The fraction of sp³-hybridized carbons (Fsp3) is 0.346. The molecule has 1 saturated heterocycles. The van der Waals surface area contributed by atoms with E-state index in [1.54, 1.807) is 6.33 Å². The molecule has 3 aromatic rings. The van der Waals surface area contributed by atoms with Crippen LogP contribution in [-0.4, -0.2) is 47.8 Å². The van der Waals surface area contributed by atoms with Crippen molar-refractivity contribution in [2.75, 3.05) is 47.0 Å². The second kappa shape index (κ2) is 11.8. The van der Waals surface area contributed by atoms with Crippen molar-refractivity contribution in [1.82, 2.24) is 9.97 Å². The van der Waals surface area contributed by atoms with E-state index in [2.05, 4.69) is 44.1 Å². The van der Waals surface area contributed by atoms with E-state index in [-0.39, 0.29) is 17.5 Å². The maximum absolute atomic E-state index is 13.2. The number of hydrogen-bond acceptors (Lipinski definition) is 6. The summed E-state index contributed by atoms with van der Waals surface area (Å²) in [6.45, 7) is 5.47. The minimum atomic E-state index is -0.220. The van der Waals surface area contributed by atoms with Gasteiger partial charge in [0.2, 0.25) is 5.91 Å². The van der Waals surface area contributed by atoms with Crippen molar-refractivity contribution in [3.05, 3.63) is 72.3 Å². The van der Waals surface area contributed by atoms with Crippen molar-refractivity contribution in [3.8, 4) is 0 Å². The summed E-state index contributed by atoms with van der Waals surface area (Å²) in [5.74, 6) is 0.868. The topological polar surface area (TPSA) is 61.4 Å². The fourth-order valence-corrected chi connectivity index (χ4v) is 4.56. The molecule has 1 amide bonds. The Hall–Kier alpha value is -3.13. The van der Waals surface area contributed by atoms with E-state index in [1.807, 2.05) is 30.3 Å². The average molecular weight is 480 g/mol. The van der Waals surface area contributed by atoms with Gasteiger partial charge in [0.25, 0.3) is 0 Å². The van der Waals surface area contributed by atoms with Crippen LogP contribution in [0.1, 0.15) is 25.3 Å². The van der Waals surface area contributed by atoms with Crippen molar-refractivity contribution >= 4 is 34.9 Å². The summed E-state index contributed by atoms with van der Waals surface area (Å²) < 4.78 is 13.2. The lowest BCUT2D eigenvalue weighted by Crippen LogP contribution is -2.46. The van der Waals surface area contributed by atoms with E-state index in [1.165, 1.54) is 42.3 Å². The molecule has 0 atom stereocenters. The summed E-state index contributed by atoms with van der Waals surface area (Å²) in [5, 5.41) is 3.73. The number of nitrogens with zero attached hydrogens (tertiary/aromatic N) is 4. The van der Waals surface area contributed by atoms with E-state index in [4.69, 9.17) is 0 Å². The lowest BCUT2D eigenvalue weighted by atomic mass is 10.1. The number of unbranched alkanes of at least 4 members (excludes halogenated alkanes) is 1. The van der Waals surface area contributed by atoms with Crippen LogP contribution in [0.25, 0.3) is 0 Å². The molecule has 6 nitrogen and oxygen atoms in total. The van der Waals surface area contributed by atoms with Crippen molar-refractivity contribution in [2.45, 2.75) is 31.2 Å². The smallest absolute Gasteiger partial charge is 0.234 e. The molecule has 2 aromatic carbocycles. The van der Waals surface area contributed by atoms with Crippen molar-refractivity contribution < 1.29 is 9.18 Å². The molecule has 1 fully saturated rings. The van der Waals surface area contributed by atoms with Gasteiger partial charge in [0, 0.05) is 43.6 Å². The molecular formula is C26H30FN5OS. The van der Waals surface area contributed by atoms with Crippen LogP contribution >= 0.6 is 11.8 Å². The van der Waals surface area contributed by atoms with E-state index in [0.29, 0.717) is 0 Å². The second-order valence-electron chi connectivity index (χ2n) is 8.30. The number of hydrogen-bond donors (Lipinski definition) is 1. The first kappa shape index (κ1) is 24.0. The van der Waals surface area contributed by atoms with Gasteiger partial charge in [-0.3, -0.25) is 4.79 Å². The highest BCUT2D eigenvalue weighted by Crippen LogP contribution is 2.23. The maximum Gasteiger partial charge on any atom is 0.234 e. The first-order chi connectivity index (χ1) is 16.6. The molecule has 0 spiro atoms. The van der Waals surface area contributed by atoms with Gasteiger partial charge in [-0.05, 0) is 54.8 Å². The molecule has 8 heteroatoms. The van der Waals surface area contributed by atoms with Gasteiger partial charge in [0.05, 0.1) is 5.75 Å². The number of rotatable bonds is 9. The quantitative estimate of drug-likeness (QED) is 0.344. The molecule has 0 aliphatic carbocycles. The van der Waals surface area contributed by atoms with E-state index in [0.717, 1.165) is 54.8 Å². The summed E-state index contributed by atoms with van der Waals surface area (Å²) in [4.78, 5) is 25.6. The van der Waals surface area contributed by atoms with E-state index in [9.17, 15) is 9.18 Å². The Balaban J connectivity index is 1.26. The number of nitrogens with one attached hydrogen (secondary N) is 1. The molecule has 34 heavy (non-hydrogen) atoms. The van der Waals surface area contributed by atoms with Crippen molar-refractivity contribution in [1.29, 1.82) is 0 Å². The maximum atomic E-state index is 13.2. The molecule has 178 valence electrons. The van der Waals surface area contributed by atoms with Gasteiger partial charge < -0.3 is 15.1 Å². The number of carbonyl (C=O) groups excluding carboxylic acids is 1. The van der Waals surface area contributed by atoms with Gasteiger partial charge in [-0.2, -0.15) is 0 Å². The average Bonchev–Trinajstić information content (AvgIpc) is 2.88. The molecular weight excluding hydrogens is 449 g/mol. The summed E-state index contributed by atoms with van der Waals surface area (Å²) in [7, 11) is 0. The number of carbonyl (C=O) groups is 1. The Morgan fingerprint density at radius 2 is 1.71 bits per heavy atom. The number of anilines is 3. The molecule has 2 heterocycles. The van der Waals surface area contributed by atoms with Crippen LogP contribution in [0.3, 0.4) is 0 Å². The van der Waals surface area contributed by atoms with Crippen molar-refractivity contribution in [2.24, 2.45) is 0 Å². The number of aryl methyl sites for hydroxylation is 1. The highest BCUT2D eigenvalue weighted by atomic mass is 32.2. The molecule has 0 saturated carbocycles. The first-order valence-corrected chi connectivity index (χ1v) is 12.7. The third-order valence-electron chi connectivity index (χ3n) is 5.83. The number of thioether (sulfide) groups is 1. The Morgan fingerprint density at radius 1 is 1.00 bits per heavy atom. The van der Waals surface area contributed by atoms with Crippen LogP contribution < -0.4 is 15.1 Å².